The monoisotopic (exact) mass is 241 g/mol. The van der Waals surface area contributed by atoms with Crippen LogP contribution in [0.3, 0.4) is 0 Å². The maximum atomic E-state index is 11.6. The lowest BCUT2D eigenvalue weighted by molar-refractivity contribution is -0.137. The maximum absolute atomic E-state index is 11.6. The summed E-state index contributed by atoms with van der Waals surface area (Å²) in [4.78, 5) is 22.0. The minimum atomic E-state index is -0.987. The topological polar surface area (TPSA) is 93.5 Å². The van der Waals surface area contributed by atoms with E-state index in [2.05, 4.69) is 10.4 Å². The number of methoxy groups -OCH3 is 1. The van der Waals surface area contributed by atoms with Crippen LogP contribution in [-0.4, -0.2) is 40.5 Å². The Morgan fingerprint density at radius 2 is 2.35 bits per heavy atom. The molecule has 0 aliphatic carbocycles. The highest BCUT2D eigenvalue weighted by Gasteiger charge is 2.13. The highest BCUT2D eigenvalue weighted by Crippen LogP contribution is 2.05. The van der Waals surface area contributed by atoms with Gasteiger partial charge in [0.15, 0.2) is 5.82 Å². The summed E-state index contributed by atoms with van der Waals surface area (Å²) in [6.07, 6.45) is 1.49. The van der Waals surface area contributed by atoms with E-state index in [1.165, 1.54) is 18.0 Å². The lowest BCUT2D eigenvalue weighted by atomic mass is 10.2. The van der Waals surface area contributed by atoms with E-state index in [9.17, 15) is 9.59 Å². The molecule has 0 spiro atoms. The molecule has 1 aromatic rings. The second kappa shape index (κ2) is 6.00. The maximum Gasteiger partial charge on any atom is 0.325 e. The van der Waals surface area contributed by atoms with Gasteiger partial charge < -0.3 is 15.2 Å². The molecular formula is C10H15N3O4. The van der Waals surface area contributed by atoms with Crippen LogP contribution in [0.15, 0.2) is 12.3 Å². The minimum Gasteiger partial charge on any atom is -0.480 e. The molecule has 1 aromatic heterocycles. The number of rotatable bonds is 6. The average Bonchev–Trinajstić information content (AvgIpc) is 2.64. The van der Waals surface area contributed by atoms with Crippen LogP contribution in [0, 0.1) is 5.92 Å². The quantitative estimate of drug-likeness (QED) is 0.741. The number of carboxylic acids is 1. The zero-order chi connectivity index (χ0) is 12.8. The molecule has 0 bridgehead atoms. The number of carbonyl (C=O) groups is 2. The average molecular weight is 241 g/mol. The van der Waals surface area contributed by atoms with Gasteiger partial charge in [-0.25, -0.2) is 0 Å². The molecule has 7 nitrogen and oxygen atoms in total. The van der Waals surface area contributed by atoms with Crippen LogP contribution in [0.1, 0.15) is 6.92 Å². The van der Waals surface area contributed by atoms with Crippen molar-refractivity contribution in [3.05, 3.63) is 12.3 Å². The van der Waals surface area contributed by atoms with E-state index >= 15 is 0 Å². The number of hydrogen-bond donors (Lipinski definition) is 2. The zero-order valence-corrected chi connectivity index (χ0v) is 9.71. The first-order valence-electron chi connectivity index (χ1n) is 5.08. The third kappa shape index (κ3) is 4.23. The first kappa shape index (κ1) is 13.2. The number of nitrogens with zero attached hydrogens (tertiary/aromatic N) is 2. The van der Waals surface area contributed by atoms with Crippen molar-refractivity contribution in [1.29, 1.82) is 0 Å². The Labute approximate surface area is 98.4 Å². The number of nitrogens with one attached hydrogen (secondary N) is 1. The molecule has 0 saturated heterocycles. The lowest BCUT2D eigenvalue weighted by Crippen LogP contribution is -2.24. The van der Waals surface area contributed by atoms with Crippen molar-refractivity contribution in [2.45, 2.75) is 13.5 Å². The number of aromatic nitrogens is 2. The van der Waals surface area contributed by atoms with Gasteiger partial charge in [-0.3, -0.25) is 14.3 Å². The van der Waals surface area contributed by atoms with Gasteiger partial charge in [0.25, 0.3) is 0 Å². The standard InChI is InChI=1S/C10H15N3O4/c1-7(6-17-2)10(16)11-8-3-4-13(12-8)5-9(14)15/h3-4,7H,5-6H2,1-2H3,(H,14,15)(H,11,12,16). The first-order valence-corrected chi connectivity index (χ1v) is 5.08. The Bertz CT molecular complexity index is 402. The fourth-order valence-corrected chi connectivity index (χ4v) is 1.23. The third-order valence-corrected chi connectivity index (χ3v) is 2.05. The van der Waals surface area contributed by atoms with E-state index < -0.39 is 5.97 Å². The summed E-state index contributed by atoms with van der Waals surface area (Å²) in [6, 6.07) is 1.54. The number of ether oxygens (including phenoxy) is 1. The molecule has 94 valence electrons. The van der Waals surface area contributed by atoms with Gasteiger partial charge in [-0.1, -0.05) is 6.92 Å². The summed E-state index contributed by atoms with van der Waals surface area (Å²) in [6.45, 7) is 1.82. The number of carboxylic acid groups (broad SMARTS) is 1. The third-order valence-electron chi connectivity index (χ3n) is 2.05. The van der Waals surface area contributed by atoms with Crippen LogP contribution < -0.4 is 5.32 Å². The first-order chi connectivity index (χ1) is 8.02. The Kier molecular flexibility index (Phi) is 4.65. The number of amides is 1. The summed E-state index contributed by atoms with van der Waals surface area (Å²) in [7, 11) is 1.52. The van der Waals surface area contributed by atoms with Gasteiger partial charge in [0.1, 0.15) is 6.54 Å². The largest absolute Gasteiger partial charge is 0.480 e. The van der Waals surface area contributed by atoms with Crippen molar-refractivity contribution in [2.75, 3.05) is 19.0 Å². The van der Waals surface area contributed by atoms with Gasteiger partial charge in [0.05, 0.1) is 12.5 Å². The second-order valence-corrected chi connectivity index (χ2v) is 3.64. The Hall–Kier alpha value is -1.89. The van der Waals surface area contributed by atoms with Gasteiger partial charge in [-0.15, -0.1) is 0 Å². The van der Waals surface area contributed by atoms with Crippen LogP contribution in [-0.2, 0) is 20.9 Å². The normalized spacial score (nSPS) is 12.1. The van der Waals surface area contributed by atoms with E-state index in [0.29, 0.717) is 12.4 Å². The zero-order valence-electron chi connectivity index (χ0n) is 9.71. The molecule has 0 radical (unpaired) electrons. The van der Waals surface area contributed by atoms with Crippen molar-refractivity contribution in [2.24, 2.45) is 5.92 Å². The summed E-state index contributed by atoms with van der Waals surface area (Å²) in [5.41, 5.74) is 0. The van der Waals surface area contributed by atoms with E-state index in [0.717, 1.165) is 0 Å². The van der Waals surface area contributed by atoms with Crippen LogP contribution in [0.4, 0.5) is 5.82 Å². The molecule has 1 amide bonds. The van der Waals surface area contributed by atoms with Crippen molar-refractivity contribution < 1.29 is 19.4 Å². The molecule has 0 aliphatic heterocycles. The van der Waals surface area contributed by atoms with Crippen molar-refractivity contribution in [3.63, 3.8) is 0 Å². The van der Waals surface area contributed by atoms with E-state index in [1.807, 2.05) is 0 Å². The summed E-state index contributed by atoms with van der Waals surface area (Å²) < 4.78 is 6.09. The van der Waals surface area contributed by atoms with Gasteiger partial charge in [-0.05, 0) is 0 Å². The van der Waals surface area contributed by atoms with E-state index in [-0.39, 0.29) is 18.4 Å². The Balaban J connectivity index is 2.54. The molecule has 1 heterocycles. The molecule has 0 aliphatic rings. The molecule has 1 unspecified atom stereocenters. The number of hydrogen-bond acceptors (Lipinski definition) is 4. The second-order valence-electron chi connectivity index (χ2n) is 3.64. The minimum absolute atomic E-state index is 0.215. The predicted molar refractivity (Wildman–Crippen MR) is 59.5 cm³/mol. The molecule has 1 atom stereocenters. The predicted octanol–water partition coefficient (Wildman–Crippen LogP) is 0.189. The molecule has 17 heavy (non-hydrogen) atoms. The highest BCUT2D eigenvalue weighted by atomic mass is 16.5. The molecule has 0 saturated carbocycles. The Morgan fingerprint density at radius 1 is 1.65 bits per heavy atom. The van der Waals surface area contributed by atoms with Gasteiger partial charge in [0, 0.05) is 19.4 Å². The summed E-state index contributed by atoms with van der Waals surface area (Å²) in [5.74, 6) is -1.16. The molecule has 7 heteroatoms. The summed E-state index contributed by atoms with van der Waals surface area (Å²) >= 11 is 0. The van der Waals surface area contributed by atoms with Crippen molar-refractivity contribution in [3.8, 4) is 0 Å². The van der Waals surface area contributed by atoms with Crippen LogP contribution in [0.2, 0.25) is 0 Å². The summed E-state index contributed by atoms with van der Waals surface area (Å²) in [5, 5.41) is 15.0. The molecule has 0 fully saturated rings. The van der Waals surface area contributed by atoms with Crippen molar-refractivity contribution >= 4 is 17.7 Å². The fraction of sp³-hybridized carbons (Fsp3) is 0.500. The van der Waals surface area contributed by atoms with E-state index in [4.69, 9.17) is 9.84 Å². The van der Waals surface area contributed by atoms with Crippen molar-refractivity contribution in [1.82, 2.24) is 9.78 Å². The Morgan fingerprint density at radius 3 is 2.94 bits per heavy atom. The molecular weight excluding hydrogens is 226 g/mol. The fourth-order valence-electron chi connectivity index (χ4n) is 1.23. The molecule has 2 N–H and O–H groups in total. The molecule has 0 aromatic carbocycles. The number of aliphatic carboxylic acids is 1. The van der Waals surface area contributed by atoms with Gasteiger partial charge >= 0.3 is 5.97 Å². The van der Waals surface area contributed by atoms with Gasteiger partial charge in [-0.2, -0.15) is 5.10 Å². The van der Waals surface area contributed by atoms with Crippen LogP contribution in [0.5, 0.6) is 0 Å². The lowest BCUT2D eigenvalue weighted by Gasteiger charge is -2.08. The van der Waals surface area contributed by atoms with Gasteiger partial charge in [0.2, 0.25) is 5.91 Å². The SMILES string of the molecule is COCC(C)C(=O)Nc1ccn(CC(=O)O)n1. The van der Waals surface area contributed by atoms with Crippen LogP contribution >= 0.6 is 0 Å². The van der Waals surface area contributed by atoms with E-state index in [1.54, 1.807) is 13.0 Å². The smallest absolute Gasteiger partial charge is 0.325 e. The highest BCUT2D eigenvalue weighted by molar-refractivity contribution is 5.91. The van der Waals surface area contributed by atoms with Crippen LogP contribution in [0.25, 0.3) is 0 Å². The molecule has 1 rings (SSSR count). The number of carbonyl (C=O) groups excluding carboxylic acids is 1. The number of anilines is 1.